The minimum absolute atomic E-state index is 0.0339. The van der Waals surface area contributed by atoms with Gasteiger partial charge in [-0.2, -0.15) is 5.10 Å². The highest BCUT2D eigenvalue weighted by molar-refractivity contribution is 5.61. The Labute approximate surface area is 112 Å². The summed E-state index contributed by atoms with van der Waals surface area (Å²) in [6.45, 7) is 5.69. The number of hydrogen-bond acceptors (Lipinski definition) is 5. The molecule has 106 valence electrons. The summed E-state index contributed by atoms with van der Waals surface area (Å²) in [4.78, 5) is 11.0. The summed E-state index contributed by atoms with van der Waals surface area (Å²) >= 11 is 0. The van der Waals surface area contributed by atoms with E-state index in [-0.39, 0.29) is 22.6 Å². The molecule has 7 heteroatoms. The molecule has 0 bridgehead atoms. The van der Waals surface area contributed by atoms with Crippen LogP contribution in [-0.2, 0) is 7.05 Å². The van der Waals surface area contributed by atoms with E-state index < -0.39 is 0 Å². The van der Waals surface area contributed by atoms with E-state index in [2.05, 4.69) is 15.7 Å². The van der Waals surface area contributed by atoms with Crippen molar-refractivity contribution in [2.24, 2.45) is 7.05 Å². The van der Waals surface area contributed by atoms with E-state index in [1.165, 1.54) is 0 Å². The maximum Gasteiger partial charge on any atom is 0.334 e. The van der Waals surface area contributed by atoms with Crippen molar-refractivity contribution >= 4 is 11.5 Å². The Morgan fingerprint density at radius 3 is 2.84 bits per heavy atom. The van der Waals surface area contributed by atoms with Crippen LogP contribution in [0, 0.1) is 10.1 Å². The summed E-state index contributed by atoms with van der Waals surface area (Å²) in [7, 11) is 1.75. The summed E-state index contributed by atoms with van der Waals surface area (Å²) in [5.74, 6) is 0.550. The van der Waals surface area contributed by atoms with E-state index in [0.717, 1.165) is 25.9 Å². The fourth-order valence-corrected chi connectivity index (χ4v) is 2.43. The van der Waals surface area contributed by atoms with Gasteiger partial charge in [-0.1, -0.05) is 13.8 Å². The van der Waals surface area contributed by atoms with Crippen molar-refractivity contribution in [2.45, 2.75) is 38.6 Å². The van der Waals surface area contributed by atoms with Gasteiger partial charge in [0.2, 0.25) is 5.82 Å². The first-order valence-corrected chi connectivity index (χ1v) is 6.69. The van der Waals surface area contributed by atoms with E-state index in [1.54, 1.807) is 11.7 Å². The Morgan fingerprint density at radius 2 is 2.32 bits per heavy atom. The number of aromatic nitrogens is 2. The van der Waals surface area contributed by atoms with Crippen molar-refractivity contribution in [1.29, 1.82) is 0 Å². The molecule has 2 heterocycles. The highest BCUT2D eigenvalue weighted by atomic mass is 16.6. The van der Waals surface area contributed by atoms with Gasteiger partial charge >= 0.3 is 5.69 Å². The topological polar surface area (TPSA) is 85.0 Å². The van der Waals surface area contributed by atoms with Gasteiger partial charge in [-0.15, -0.1) is 0 Å². The predicted octanol–water partition coefficient (Wildman–Crippen LogP) is 1.62. The summed E-state index contributed by atoms with van der Waals surface area (Å²) in [5, 5.41) is 22.1. The highest BCUT2D eigenvalue weighted by Crippen LogP contribution is 2.33. The summed E-state index contributed by atoms with van der Waals surface area (Å²) in [5.41, 5.74) is 0.654. The number of piperidine rings is 1. The van der Waals surface area contributed by atoms with Crippen LogP contribution >= 0.6 is 0 Å². The Kier molecular flexibility index (Phi) is 4.04. The van der Waals surface area contributed by atoms with Crippen LogP contribution in [0.1, 0.15) is 38.3 Å². The van der Waals surface area contributed by atoms with Gasteiger partial charge in [0.25, 0.3) is 0 Å². The van der Waals surface area contributed by atoms with Gasteiger partial charge in [-0.25, -0.2) is 4.68 Å². The maximum atomic E-state index is 11.3. The van der Waals surface area contributed by atoms with Crippen molar-refractivity contribution in [1.82, 2.24) is 15.1 Å². The molecule has 1 unspecified atom stereocenters. The van der Waals surface area contributed by atoms with Crippen molar-refractivity contribution < 1.29 is 4.92 Å². The number of hydrogen-bond donors (Lipinski definition) is 2. The van der Waals surface area contributed by atoms with Gasteiger partial charge in [0.05, 0.1) is 4.92 Å². The van der Waals surface area contributed by atoms with Crippen LogP contribution in [0.15, 0.2) is 0 Å². The molecule has 0 aliphatic carbocycles. The Hall–Kier alpha value is -1.63. The molecule has 0 amide bonds. The molecule has 19 heavy (non-hydrogen) atoms. The third kappa shape index (κ3) is 2.86. The van der Waals surface area contributed by atoms with Crippen molar-refractivity contribution in [3.05, 3.63) is 15.8 Å². The first-order valence-electron chi connectivity index (χ1n) is 6.69. The molecule has 0 spiro atoms. The first kappa shape index (κ1) is 13.8. The Morgan fingerprint density at radius 1 is 1.58 bits per heavy atom. The number of nitro groups is 1. The zero-order valence-corrected chi connectivity index (χ0v) is 11.6. The molecule has 7 nitrogen and oxygen atoms in total. The Bertz CT molecular complexity index is 463. The van der Waals surface area contributed by atoms with Gasteiger partial charge in [0.15, 0.2) is 0 Å². The van der Waals surface area contributed by atoms with E-state index in [0.29, 0.717) is 11.5 Å². The average molecular weight is 267 g/mol. The van der Waals surface area contributed by atoms with Crippen LogP contribution in [0.5, 0.6) is 0 Å². The molecule has 1 aromatic heterocycles. The zero-order chi connectivity index (χ0) is 14.0. The molecule has 2 N–H and O–H groups in total. The summed E-state index contributed by atoms with van der Waals surface area (Å²) < 4.78 is 1.59. The number of anilines is 1. The molecule has 0 radical (unpaired) electrons. The molecule has 1 aliphatic rings. The standard InChI is InChI=1S/C12H21N5O2/c1-8(2)10-11(17(18)19)12(16(3)15-10)14-9-5-4-6-13-7-9/h8-9,13-14H,4-7H2,1-3H3. The van der Waals surface area contributed by atoms with Gasteiger partial charge in [0, 0.05) is 25.6 Å². The number of nitrogens with one attached hydrogen (secondary N) is 2. The predicted molar refractivity (Wildman–Crippen MR) is 73.5 cm³/mol. The number of rotatable bonds is 4. The van der Waals surface area contributed by atoms with Crippen molar-refractivity contribution in [3.8, 4) is 0 Å². The Balaban J connectivity index is 2.30. The normalized spacial score (nSPS) is 19.7. The van der Waals surface area contributed by atoms with E-state index in [1.807, 2.05) is 13.8 Å². The quantitative estimate of drug-likeness (QED) is 0.639. The van der Waals surface area contributed by atoms with E-state index in [4.69, 9.17) is 0 Å². The fourth-order valence-electron chi connectivity index (χ4n) is 2.43. The van der Waals surface area contributed by atoms with Gasteiger partial charge in [-0.05, 0) is 19.4 Å². The second-order valence-electron chi connectivity index (χ2n) is 5.31. The SMILES string of the molecule is CC(C)c1nn(C)c(NC2CCCNC2)c1[N+](=O)[O-]. The first-order chi connectivity index (χ1) is 9.00. The third-order valence-corrected chi connectivity index (χ3v) is 3.42. The van der Waals surface area contributed by atoms with Gasteiger partial charge < -0.3 is 10.6 Å². The lowest BCUT2D eigenvalue weighted by Gasteiger charge is -2.24. The minimum Gasteiger partial charge on any atom is -0.361 e. The van der Waals surface area contributed by atoms with E-state index >= 15 is 0 Å². The largest absolute Gasteiger partial charge is 0.361 e. The smallest absolute Gasteiger partial charge is 0.334 e. The highest BCUT2D eigenvalue weighted by Gasteiger charge is 2.29. The average Bonchev–Trinajstić information content (AvgIpc) is 2.68. The summed E-state index contributed by atoms with van der Waals surface area (Å²) in [6.07, 6.45) is 2.10. The molecule has 2 rings (SSSR count). The fraction of sp³-hybridized carbons (Fsp3) is 0.750. The van der Waals surface area contributed by atoms with Crippen LogP contribution in [-0.4, -0.2) is 33.8 Å². The van der Waals surface area contributed by atoms with E-state index in [9.17, 15) is 10.1 Å². The lowest BCUT2D eigenvalue weighted by Crippen LogP contribution is -2.38. The van der Waals surface area contributed by atoms with Crippen molar-refractivity contribution in [2.75, 3.05) is 18.4 Å². The summed E-state index contributed by atoms with van der Waals surface area (Å²) in [6, 6.07) is 0.225. The maximum absolute atomic E-state index is 11.3. The monoisotopic (exact) mass is 267 g/mol. The van der Waals surface area contributed by atoms with Crippen LogP contribution in [0.25, 0.3) is 0 Å². The third-order valence-electron chi connectivity index (χ3n) is 3.42. The molecule has 1 aliphatic heterocycles. The van der Waals surface area contributed by atoms with Gasteiger partial charge in [-0.3, -0.25) is 10.1 Å². The second-order valence-corrected chi connectivity index (χ2v) is 5.31. The lowest BCUT2D eigenvalue weighted by atomic mass is 10.1. The molecule has 1 saturated heterocycles. The van der Waals surface area contributed by atoms with Crippen LogP contribution < -0.4 is 10.6 Å². The minimum atomic E-state index is -0.332. The van der Waals surface area contributed by atoms with Crippen LogP contribution in [0.4, 0.5) is 11.5 Å². The zero-order valence-electron chi connectivity index (χ0n) is 11.6. The second kappa shape index (κ2) is 5.56. The van der Waals surface area contributed by atoms with Crippen LogP contribution in [0.2, 0.25) is 0 Å². The molecule has 1 aromatic rings. The van der Waals surface area contributed by atoms with Crippen molar-refractivity contribution in [3.63, 3.8) is 0 Å². The number of nitrogens with zero attached hydrogens (tertiary/aromatic N) is 3. The molecule has 1 fully saturated rings. The number of aryl methyl sites for hydroxylation is 1. The molecule has 0 aromatic carbocycles. The van der Waals surface area contributed by atoms with Crippen LogP contribution in [0.3, 0.4) is 0 Å². The molecule has 0 saturated carbocycles. The van der Waals surface area contributed by atoms with Gasteiger partial charge in [0.1, 0.15) is 5.69 Å². The molecular formula is C12H21N5O2. The molecular weight excluding hydrogens is 246 g/mol. The molecule has 1 atom stereocenters. The lowest BCUT2D eigenvalue weighted by molar-refractivity contribution is -0.384.